The van der Waals surface area contributed by atoms with E-state index in [4.69, 9.17) is 9.52 Å². The number of rotatable bonds is 6. The van der Waals surface area contributed by atoms with Crippen molar-refractivity contribution in [2.24, 2.45) is 5.92 Å². The summed E-state index contributed by atoms with van der Waals surface area (Å²) in [4.78, 5) is 11.1. The molecule has 17 heavy (non-hydrogen) atoms. The van der Waals surface area contributed by atoms with Crippen molar-refractivity contribution in [1.82, 2.24) is 5.32 Å². The Morgan fingerprint density at radius 1 is 1.41 bits per heavy atom. The number of hydrogen-bond donors (Lipinski definition) is 2. The summed E-state index contributed by atoms with van der Waals surface area (Å²) in [5.41, 5.74) is 0. The molecule has 0 saturated carbocycles. The van der Waals surface area contributed by atoms with Crippen LogP contribution in [0.15, 0.2) is 16.5 Å². The largest absolute Gasteiger partial charge is 0.480 e. The van der Waals surface area contributed by atoms with Crippen LogP contribution < -0.4 is 5.32 Å². The monoisotopic (exact) mass is 239 g/mol. The van der Waals surface area contributed by atoms with E-state index in [1.54, 1.807) is 0 Å². The Morgan fingerprint density at radius 2 is 2.06 bits per heavy atom. The number of hydrogen-bond acceptors (Lipinski definition) is 3. The fourth-order valence-electron chi connectivity index (χ4n) is 1.78. The van der Waals surface area contributed by atoms with Gasteiger partial charge < -0.3 is 9.52 Å². The highest BCUT2D eigenvalue weighted by Crippen LogP contribution is 2.17. The SMILES string of the molecule is Cc1ccc(C(C)NC(CC(C)C)C(=O)O)o1. The Kier molecular flexibility index (Phi) is 4.75. The summed E-state index contributed by atoms with van der Waals surface area (Å²) in [5, 5.41) is 12.2. The summed E-state index contributed by atoms with van der Waals surface area (Å²) in [6, 6.07) is 3.13. The summed E-state index contributed by atoms with van der Waals surface area (Å²) in [6.45, 7) is 7.81. The van der Waals surface area contributed by atoms with Gasteiger partial charge in [0.15, 0.2) is 0 Å². The number of furan rings is 1. The maximum absolute atomic E-state index is 11.1. The van der Waals surface area contributed by atoms with Crippen LogP contribution in [0.3, 0.4) is 0 Å². The third-order valence-electron chi connectivity index (χ3n) is 2.64. The average molecular weight is 239 g/mol. The molecule has 1 aromatic rings. The lowest BCUT2D eigenvalue weighted by molar-refractivity contribution is -0.140. The van der Waals surface area contributed by atoms with Crippen molar-refractivity contribution in [2.45, 2.75) is 46.2 Å². The molecule has 0 aliphatic heterocycles. The number of carbonyl (C=O) groups is 1. The van der Waals surface area contributed by atoms with Gasteiger partial charge in [-0.2, -0.15) is 0 Å². The molecule has 1 aromatic heterocycles. The van der Waals surface area contributed by atoms with E-state index in [1.807, 2.05) is 39.8 Å². The van der Waals surface area contributed by atoms with Crippen molar-refractivity contribution < 1.29 is 14.3 Å². The average Bonchev–Trinajstić information content (AvgIpc) is 2.63. The van der Waals surface area contributed by atoms with Crippen molar-refractivity contribution in [3.05, 3.63) is 23.7 Å². The van der Waals surface area contributed by atoms with Gasteiger partial charge in [0.05, 0.1) is 6.04 Å². The zero-order chi connectivity index (χ0) is 13.0. The lowest BCUT2D eigenvalue weighted by Crippen LogP contribution is -2.39. The molecule has 96 valence electrons. The Morgan fingerprint density at radius 3 is 2.47 bits per heavy atom. The standard InChI is InChI=1S/C13H21NO3/c1-8(2)7-11(13(15)16)14-10(4)12-6-5-9(3)17-12/h5-6,8,10-11,14H,7H2,1-4H3,(H,15,16). The van der Waals surface area contributed by atoms with Crippen LogP contribution in [-0.4, -0.2) is 17.1 Å². The molecule has 0 aliphatic carbocycles. The van der Waals surface area contributed by atoms with Crippen molar-refractivity contribution in [3.8, 4) is 0 Å². The van der Waals surface area contributed by atoms with E-state index in [0.717, 1.165) is 11.5 Å². The first-order valence-electron chi connectivity index (χ1n) is 5.95. The summed E-state index contributed by atoms with van der Waals surface area (Å²) >= 11 is 0. The van der Waals surface area contributed by atoms with Gasteiger partial charge >= 0.3 is 5.97 Å². The molecule has 1 heterocycles. The van der Waals surface area contributed by atoms with Crippen LogP contribution >= 0.6 is 0 Å². The highest BCUT2D eigenvalue weighted by molar-refractivity contribution is 5.73. The van der Waals surface area contributed by atoms with E-state index in [9.17, 15) is 4.79 Å². The van der Waals surface area contributed by atoms with Crippen LogP contribution in [-0.2, 0) is 4.79 Å². The maximum atomic E-state index is 11.1. The highest BCUT2D eigenvalue weighted by atomic mass is 16.4. The smallest absolute Gasteiger partial charge is 0.320 e. The summed E-state index contributed by atoms with van der Waals surface area (Å²) in [5.74, 6) is 1.14. The molecule has 2 atom stereocenters. The first-order chi connectivity index (χ1) is 7.90. The van der Waals surface area contributed by atoms with Gasteiger partial charge in [-0.1, -0.05) is 13.8 Å². The van der Waals surface area contributed by atoms with Gasteiger partial charge in [0.2, 0.25) is 0 Å². The summed E-state index contributed by atoms with van der Waals surface area (Å²) in [6.07, 6.45) is 0.610. The fourth-order valence-corrected chi connectivity index (χ4v) is 1.78. The van der Waals surface area contributed by atoms with Crippen LogP contribution in [0.5, 0.6) is 0 Å². The molecule has 2 N–H and O–H groups in total. The third-order valence-corrected chi connectivity index (χ3v) is 2.64. The first-order valence-corrected chi connectivity index (χ1v) is 5.95. The third kappa shape index (κ3) is 4.23. The van der Waals surface area contributed by atoms with Crippen LogP contribution in [0.25, 0.3) is 0 Å². The minimum Gasteiger partial charge on any atom is -0.480 e. The molecule has 0 bridgehead atoms. The molecule has 1 rings (SSSR count). The number of aliphatic carboxylic acids is 1. The van der Waals surface area contributed by atoms with Gasteiger partial charge in [0.1, 0.15) is 17.6 Å². The molecule has 0 aromatic carbocycles. The second-order valence-corrected chi connectivity index (χ2v) is 4.86. The molecule has 0 radical (unpaired) electrons. The molecule has 4 heteroatoms. The van der Waals surface area contributed by atoms with E-state index in [-0.39, 0.29) is 6.04 Å². The first kappa shape index (κ1) is 13.8. The molecule has 4 nitrogen and oxygen atoms in total. The van der Waals surface area contributed by atoms with Gasteiger partial charge in [-0.25, -0.2) is 0 Å². The van der Waals surface area contributed by atoms with Crippen molar-refractivity contribution in [1.29, 1.82) is 0 Å². The zero-order valence-corrected chi connectivity index (χ0v) is 10.9. The number of carboxylic acid groups (broad SMARTS) is 1. The van der Waals surface area contributed by atoms with Crippen molar-refractivity contribution in [2.75, 3.05) is 0 Å². The molecule has 0 saturated heterocycles. The molecular weight excluding hydrogens is 218 g/mol. The predicted molar refractivity (Wildman–Crippen MR) is 65.9 cm³/mol. The topological polar surface area (TPSA) is 62.5 Å². The Labute approximate surface area is 102 Å². The van der Waals surface area contributed by atoms with E-state index in [0.29, 0.717) is 12.3 Å². The van der Waals surface area contributed by atoms with Crippen LogP contribution in [0, 0.1) is 12.8 Å². The van der Waals surface area contributed by atoms with Crippen LogP contribution in [0.1, 0.15) is 44.8 Å². The van der Waals surface area contributed by atoms with Gasteiger partial charge in [-0.3, -0.25) is 10.1 Å². The van der Waals surface area contributed by atoms with E-state index in [1.165, 1.54) is 0 Å². The lowest BCUT2D eigenvalue weighted by atomic mass is 10.0. The molecule has 0 amide bonds. The molecule has 2 unspecified atom stereocenters. The van der Waals surface area contributed by atoms with Crippen LogP contribution in [0.4, 0.5) is 0 Å². The Bertz CT molecular complexity index is 370. The second-order valence-electron chi connectivity index (χ2n) is 4.86. The molecular formula is C13H21NO3. The zero-order valence-electron chi connectivity index (χ0n) is 10.9. The second kappa shape index (κ2) is 5.87. The van der Waals surface area contributed by atoms with Crippen molar-refractivity contribution >= 4 is 5.97 Å². The normalized spacial score (nSPS) is 14.9. The van der Waals surface area contributed by atoms with Gasteiger partial charge in [-0.15, -0.1) is 0 Å². The molecule has 0 spiro atoms. The Balaban J connectivity index is 2.63. The molecule has 0 fully saturated rings. The summed E-state index contributed by atoms with van der Waals surface area (Å²) < 4.78 is 5.48. The van der Waals surface area contributed by atoms with Gasteiger partial charge in [-0.05, 0) is 38.3 Å². The van der Waals surface area contributed by atoms with Crippen LogP contribution in [0.2, 0.25) is 0 Å². The Hall–Kier alpha value is -1.29. The number of nitrogens with one attached hydrogen (secondary N) is 1. The van der Waals surface area contributed by atoms with E-state index in [2.05, 4.69) is 5.32 Å². The van der Waals surface area contributed by atoms with Gasteiger partial charge in [0, 0.05) is 0 Å². The highest BCUT2D eigenvalue weighted by Gasteiger charge is 2.22. The minimum absolute atomic E-state index is 0.0939. The molecule has 0 aliphatic rings. The number of aryl methyl sites for hydroxylation is 1. The summed E-state index contributed by atoms with van der Waals surface area (Å²) in [7, 11) is 0. The van der Waals surface area contributed by atoms with Gasteiger partial charge in [0.25, 0.3) is 0 Å². The number of carboxylic acids is 1. The quantitative estimate of drug-likeness (QED) is 0.801. The fraction of sp³-hybridized carbons (Fsp3) is 0.615. The van der Waals surface area contributed by atoms with Crippen molar-refractivity contribution in [3.63, 3.8) is 0 Å². The lowest BCUT2D eigenvalue weighted by Gasteiger charge is -2.20. The minimum atomic E-state index is -0.811. The maximum Gasteiger partial charge on any atom is 0.320 e. The predicted octanol–water partition coefficient (Wildman–Crippen LogP) is 2.74. The van der Waals surface area contributed by atoms with E-state index >= 15 is 0 Å². The van der Waals surface area contributed by atoms with E-state index < -0.39 is 12.0 Å².